The predicted molar refractivity (Wildman–Crippen MR) is 65.0 cm³/mol. The van der Waals surface area contributed by atoms with Crippen molar-refractivity contribution in [2.75, 3.05) is 20.2 Å². The molecular weight excluding hydrogens is 233 g/mol. The van der Waals surface area contributed by atoms with Crippen LogP contribution >= 0.6 is 23.2 Å². The van der Waals surface area contributed by atoms with E-state index in [1.54, 1.807) is 18.2 Å². The molecule has 0 aliphatic carbocycles. The third-order valence-electron chi connectivity index (χ3n) is 1.72. The Morgan fingerprint density at radius 1 is 1.33 bits per heavy atom. The average molecular weight is 246 g/mol. The Labute approximate surface area is 99.8 Å². The van der Waals surface area contributed by atoms with E-state index in [2.05, 4.69) is 5.32 Å². The Kier molecular flexibility index (Phi) is 5.54. The van der Waals surface area contributed by atoms with Gasteiger partial charge in [-0.05, 0) is 19.2 Å². The number of benzene rings is 1. The van der Waals surface area contributed by atoms with E-state index in [1.807, 2.05) is 19.2 Å². The summed E-state index contributed by atoms with van der Waals surface area (Å²) in [6.07, 6.45) is 3.91. The second kappa shape index (κ2) is 6.72. The molecule has 4 heteroatoms. The van der Waals surface area contributed by atoms with Crippen molar-refractivity contribution < 1.29 is 4.74 Å². The molecule has 0 spiro atoms. The zero-order valence-corrected chi connectivity index (χ0v) is 9.98. The van der Waals surface area contributed by atoms with Crippen LogP contribution in [-0.4, -0.2) is 20.2 Å². The molecule has 0 bridgehead atoms. The van der Waals surface area contributed by atoms with E-state index < -0.39 is 0 Å². The van der Waals surface area contributed by atoms with Gasteiger partial charge in [-0.1, -0.05) is 35.4 Å². The van der Waals surface area contributed by atoms with E-state index in [9.17, 15) is 0 Å². The van der Waals surface area contributed by atoms with E-state index in [1.165, 1.54) is 0 Å². The minimum absolute atomic E-state index is 0.488. The van der Waals surface area contributed by atoms with Crippen LogP contribution in [0.5, 0.6) is 5.75 Å². The SMILES string of the molecule is CNC/C=C/COc1cc(Cl)ccc1Cl. The molecule has 0 saturated heterocycles. The Morgan fingerprint density at radius 3 is 2.87 bits per heavy atom. The lowest BCUT2D eigenvalue weighted by Gasteiger charge is -2.05. The quantitative estimate of drug-likeness (QED) is 0.806. The predicted octanol–water partition coefficient (Wildman–Crippen LogP) is 3.15. The van der Waals surface area contributed by atoms with Crippen LogP contribution in [0.15, 0.2) is 30.4 Å². The van der Waals surface area contributed by atoms with Crippen LogP contribution in [-0.2, 0) is 0 Å². The molecule has 1 aromatic carbocycles. The van der Waals surface area contributed by atoms with Crippen molar-refractivity contribution in [2.24, 2.45) is 0 Å². The van der Waals surface area contributed by atoms with Gasteiger partial charge in [0, 0.05) is 17.6 Å². The summed E-state index contributed by atoms with van der Waals surface area (Å²) in [5, 5.41) is 4.19. The third-order valence-corrected chi connectivity index (χ3v) is 2.26. The molecule has 0 unspecified atom stereocenters. The maximum absolute atomic E-state index is 5.92. The van der Waals surface area contributed by atoms with Crippen LogP contribution in [0.4, 0.5) is 0 Å². The molecule has 0 atom stereocenters. The van der Waals surface area contributed by atoms with Gasteiger partial charge in [0.25, 0.3) is 0 Å². The Hall–Kier alpha value is -0.700. The molecule has 0 radical (unpaired) electrons. The van der Waals surface area contributed by atoms with Crippen molar-refractivity contribution in [1.29, 1.82) is 0 Å². The van der Waals surface area contributed by atoms with Gasteiger partial charge in [-0.2, -0.15) is 0 Å². The van der Waals surface area contributed by atoms with Crippen LogP contribution in [0.25, 0.3) is 0 Å². The van der Waals surface area contributed by atoms with Crippen molar-refractivity contribution in [1.82, 2.24) is 5.32 Å². The largest absolute Gasteiger partial charge is 0.488 e. The van der Waals surface area contributed by atoms with Crippen LogP contribution in [0.2, 0.25) is 10.0 Å². The lowest BCUT2D eigenvalue weighted by Crippen LogP contribution is -2.04. The first-order chi connectivity index (χ1) is 7.24. The van der Waals surface area contributed by atoms with Crippen molar-refractivity contribution in [3.05, 3.63) is 40.4 Å². The summed E-state index contributed by atoms with van der Waals surface area (Å²) < 4.78 is 5.43. The molecule has 0 aliphatic heterocycles. The molecule has 2 nitrogen and oxygen atoms in total. The van der Waals surface area contributed by atoms with Crippen molar-refractivity contribution in [2.45, 2.75) is 0 Å². The molecule has 0 heterocycles. The minimum Gasteiger partial charge on any atom is -0.488 e. The highest BCUT2D eigenvalue weighted by atomic mass is 35.5. The molecule has 0 aromatic heterocycles. The summed E-state index contributed by atoms with van der Waals surface area (Å²) >= 11 is 11.7. The molecular formula is C11H13Cl2NO. The van der Waals surface area contributed by atoms with Gasteiger partial charge < -0.3 is 10.1 Å². The molecule has 0 amide bonds. The minimum atomic E-state index is 0.488. The maximum atomic E-state index is 5.92. The molecule has 0 saturated carbocycles. The monoisotopic (exact) mass is 245 g/mol. The summed E-state index contributed by atoms with van der Waals surface area (Å²) in [5.41, 5.74) is 0. The normalized spacial score (nSPS) is 10.9. The van der Waals surface area contributed by atoms with Gasteiger partial charge >= 0.3 is 0 Å². The number of rotatable bonds is 5. The van der Waals surface area contributed by atoms with E-state index in [0.717, 1.165) is 6.54 Å². The van der Waals surface area contributed by atoms with E-state index in [-0.39, 0.29) is 0 Å². The van der Waals surface area contributed by atoms with Crippen molar-refractivity contribution in [3.8, 4) is 5.75 Å². The first kappa shape index (κ1) is 12.4. The number of likely N-dealkylation sites (N-methyl/N-ethyl adjacent to an activating group) is 1. The zero-order valence-electron chi connectivity index (χ0n) is 8.47. The van der Waals surface area contributed by atoms with Gasteiger partial charge in [-0.25, -0.2) is 0 Å². The van der Waals surface area contributed by atoms with E-state index >= 15 is 0 Å². The summed E-state index contributed by atoms with van der Waals surface area (Å²) in [6, 6.07) is 5.15. The van der Waals surface area contributed by atoms with Gasteiger partial charge in [0.15, 0.2) is 0 Å². The molecule has 1 aromatic rings. The topological polar surface area (TPSA) is 21.3 Å². The van der Waals surface area contributed by atoms with E-state index in [0.29, 0.717) is 22.4 Å². The number of halogens is 2. The lowest BCUT2D eigenvalue weighted by atomic mass is 10.3. The van der Waals surface area contributed by atoms with Crippen LogP contribution in [0.3, 0.4) is 0 Å². The highest BCUT2D eigenvalue weighted by molar-refractivity contribution is 6.34. The highest BCUT2D eigenvalue weighted by Crippen LogP contribution is 2.27. The number of nitrogens with one attached hydrogen (secondary N) is 1. The van der Waals surface area contributed by atoms with Crippen LogP contribution < -0.4 is 10.1 Å². The Morgan fingerprint density at radius 2 is 2.13 bits per heavy atom. The second-order valence-electron chi connectivity index (χ2n) is 2.91. The summed E-state index contributed by atoms with van der Waals surface area (Å²) in [7, 11) is 1.89. The Bertz CT molecular complexity index is 339. The zero-order chi connectivity index (χ0) is 11.1. The number of ether oxygens (including phenoxy) is 1. The van der Waals surface area contributed by atoms with Gasteiger partial charge in [0.05, 0.1) is 5.02 Å². The second-order valence-corrected chi connectivity index (χ2v) is 3.76. The molecule has 1 N–H and O–H groups in total. The summed E-state index contributed by atoms with van der Waals surface area (Å²) in [5.74, 6) is 0.610. The summed E-state index contributed by atoms with van der Waals surface area (Å²) in [6.45, 7) is 1.31. The van der Waals surface area contributed by atoms with E-state index in [4.69, 9.17) is 27.9 Å². The molecule has 0 aliphatic rings. The van der Waals surface area contributed by atoms with Crippen LogP contribution in [0, 0.1) is 0 Å². The first-order valence-electron chi connectivity index (χ1n) is 4.61. The van der Waals surface area contributed by atoms with Gasteiger partial charge in [-0.3, -0.25) is 0 Å². The fourth-order valence-electron chi connectivity index (χ4n) is 0.995. The van der Waals surface area contributed by atoms with Gasteiger partial charge in [0.1, 0.15) is 12.4 Å². The van der Waals surface area contributed by atoms with Crippen molar-refractivity contribution in [3.63, 3.8) is 0 Å². The third kappa shape index (κ3) is 4.56. The maximum Gasteiger partial charge on any atom is 0.139 e. The molecule has 0 fully saturated rings. The first-order valence-corrected chi connectivity index (χ1v) is 5.37. The van der Waals surface area contributed by atoms with Crippen LogP contribution in [0.1, 0.15) is 0 Å². The smallest absolute Gasteiger partial charge is 0.139 e. The fourth-order valence-corrected chi connectivity index (χ4v) is 1.33. The molecule has 1 rings (SSSR count). The molecule has 15 heavy (non-hydrogen) atoms. The van der Waals surface area contributed by atoms with Gasteiger partial charge in [0.2, 0.25) is 0 Å². The number of hydrogen-bond acceptors (Lipinski definition) is 2. The average Bonchev–Trinajstić information content (AvgIpc) is 2.23. The summed E-state index contributed by atoms with van der Waals surface area (Å²) in [4.78, 5) is 0. The van der Waals surface area contributed by atoms with Crippen molar-refractivity contribution >= 4 is 23.2 Å². The van der Waals surface area contributed by atoms with Gasteiger partial charge in [-0.15, -0.1) is 0 Å². The standard InChI is InChI=1S/C11H13Cl2NO/c1-14-6-2-3-7-15-11-8-9(12)4-5-10(11)13/h2-5,8,14H,6-7H2,1H3/b3-2+. The number of hydrogen-bond donors (Lipinski definition) is 1. The Balaban J connectivity index is 2.46. The lowest BCUT2D eigenvalue weighted by molar-refractivity contribution is 0.363. The molecule has 82 valence electrons. The highest BCUT2D eigenvalue weighted by Gasteiger charge is 2.00. The fraction of sp³-hybridized carbons (Fsp3) is 0.273.